The Balaban J connectivity index is 2.07. The Labute approximate surface area is 165 Å². The van der Waals surface area contributed by atoms with Crippen molar-refractivity contribution in [3.05, 3.63) is 76.2 Å². The van der Waals surface area contributed by atoms with Gasteiger partial charge in [-0.15, -0.1) is 0 Å². The van der Waals surface area contributed by atoms with E-state index in [0.717, 1.165) is 0 Å². The van der Waals surface area contributed by atoms with Crippen molar-refractivity contribution in [1.82, 2.24) is 4.98 Å². The summed E-state index contributed by atoms with van der Waals surface area (Å²) in [6.45, 7) is 1.91. The van der Waals surface area contributed by atoms with Gasteiger partial charge in [-0.3, -0.25) is 4.98 Å². The summed E-state index contributed by atoms with van der Waals surface area (Å²) in [6, 6.07) is 12.6. The lowest BCUT2D eigenvalue weighted by atomic mass is 10.1. The molecule has 0 aliphatic carbocycles. The number of esters is 1. The molecule has 3 rings (SSSR count). The molecule has 0 atom stereocenters. The summed E-state index contributed by atoms with van der Waals surface area (Å²) in [5, 5.41) is 0.354. The standard InChI is InChI=1S/C20H14Cl2FNO3/c1-2-26-20(25)13-11-24-17(12-7-8-16(23)15(22)9-12)10-19(13)27-18-6-4-3-5-14(18)21/h3-11H,2H2,1H3. The van der Waals surface area contributed by atoms with Gasteiger partial charge in [0, 0.05) is 17.8 Å². The molecule has 0 aliphatic heterocycles. The van der Waals surface area contributed by atoms with Gasteiger partial charge in [0.15, 0.2) is 0 Å². The Morgan fingerprint density at radius 1 is 1.07 bits per heavy atom. The molecular formula is C20H14Cl2FNO3. The predicted octanol–water partition coefficient (Wildman–Crippen LogP) is 6.16. The minimum absolute atomic E-state index is 0.0302. The number of rotatable bonds is 5. The van der Waals surface area contributed by atoms with Gasteiger partial charge in [0.25, 0.3) is 0 Å². The van der Waals surface area contributed by atoms with E-state index in [9.17, 15) is 9.18 Å². The van der Waals surface area contributed by atoms with Gasteiger partial charge in [-0.1, -0.05) is 35.3 Å². The predicted molar refractivity (Wildman–Crippen MR) is 102 cm³/mol. The van der Waals surface area contributed by atoms with E-state index in [0.29, 0.717) is 22.0 Å². The smallest absolute Gasteiger partial charge is 0.343 e. The number of hydrogen-bond acceptors (Lipinski definition) is 4. The van der Waals surface area contributed by atoms with Gasteiger partial charge in [-0.25, -0.2) is 9.18 Å². The molecule has 4 nitrogen and oxygen atoms in total. The summed E-state index contributed by atoms with van der Waals surface area (Å²) in [4.78, 5) is 16.5. The lowest BCUT2D eigenvalue weighted by molar-refractivity contribution is 0.0523. The van der Waals surface area contributed by atoms with Crippen LogP contribution in [0.4, 0.5) is 4.39 Å². The lowest BCUT2D eigenvalue weighted by Crippen LogP contribution is -2.07. The maximum absolute atomic E-state index is 13.4. The molecule has 7 heteroatoms. The maximum atomic E-state index is 13.4. The van der Waals surface area contributed by atoms with Crippen molar-refractivity contribution in [1.29, 1.82) is 0 Å². The monoisotopic (exact) mass is 405 g/mol. The first-order chi connectivity index (χ1) is 13.0. The molecule has 0 bridgehead atoms. The maximum Gasteiger partial charge on any atom is 0.343 e. The Bertz CT molecular complexity index is 995. The van der Waals surface area contributed by atoms with E-state index in [1.54, 1.807) is 37.3 Å². The van der Waals surface area contributed by atoms with E-state index in [-0.39, 0.29) is 22.9 Å². The molecule has 1 aromatic heterocycles. The zero-order chi connectivity index (χ0) is 19.4. The van der Waals surface area contributed by atoms with Crippen molar-refractivity contribution in [2.24, 2.45) is 0 Å². The van der Waals surface area contributed by atoms with Crippen LogP contribution in [-0.2, 0) is 4.74 Å². The second kappa shape index (κ2) is 8.37. The number of carbonyl (C=O) groups is 1. The highest BCUT2D eigenvalue weighted by molar-refractivity contribution is 6.32. The van der Waals surface area contributed by atoms with Crippen LogP contribution in [0, 0.1) is 5.82 Å². The normalized spacial score (nSPS) is 10.5. The Hall–Kier alpha value is -2.63. The highest BCUT2D eigenvalue weighted by Gasteiger charge is 2.18. The molecule has 138 valence electrons. The second-order valence-corrected chi connectivity index (χ2v) is 6.26. The summed E-state index contributed by atoms with van der Waals surface area (Å²) in [5.41, 5.74) is 1.17. The van der Waals surface area contributed by atoms with E-state index in [2.05, 4.69) is 4.98 Å². The molecule has 0 aliphatic rings. The molecule has 0 fully saturated rings. The number of aromatic nitrogens is 1. The fraction of sp³-hybridized carbons (Fsp3) is 0.100. The average Bonchev–Trinajstić information content (AvgIpc) is 2.66. The van der Waals surface area contributed by atoms with Gasteiger partial charge in [-0.05, 0) is 37.3 Å². The van der Waals surface area contributed by atoms with Crippen molar-refractivity contribution in [3.63, 3.8) is 0 Å². The van der Waals surface area contributed by atoms with Crippen LogP contribution in [-0.4, -0.2) is 17.6 Å². The number of ether oxygens (including phenoxy) is 2. The topological polar surface area (TPSA) is 48.4 Å². The van der Waals surface area contributed by atoms with Crippen LogP contribution in [0.5, 0.6) is 11.5 Å². The quantitative estimate of drug-likeness (QED) is 0.476. The van der Waals surface area contributed by atoms with Gasteiger partial charge in [0.1, 0.15) is 22.9 Å². The first-order valence-electron chi connectivity index (χ1n) is 8.04. The first kappa shape index (κ1) is 19.1. The summed E-state index contributed by atoms with van der Waals surface area (Å²) in [7, 11) is 0. The summed E-state index contributed by atoms with van der Waals surface area (Å²) >= 11 is 12.0. The van der Waals surface area contributed by atoms with Crippen LogP contribution in [0.25, 0.3) is 11.3 Å². The second-order valence-electron chi connectivity index (χ2n) is 5.45. The highest BCUT2D eigenvalue weighted by Crippen LogP contribution is 2.34. The Morgan fingerprint density at radius 3 is 2.56 bits per heavy atom. The summed E-state index contributed by atoms with van der Waals surface area (Å²) in [5.74, 6) is -0.516. The third kappa shape index (κ3) is 4.38. The molecule has 3 aromatic rings. The molecular weight excluding hydrogens is 392 g/mol. The molecule has 0 saturated carbocycles. The Kier molecular flexibility index (Phi) is 5.94. The van der Waals surface area contributed by atoms with E-state index in [1.165, 1.54) is 24.4 Å². The number of carbonyl (C=O) groups excluding carboxylic acids is 1. The van der Waals surface area contributed by atoms with Crippen LogP contribution in [0.2, 0.25) is 10.0 Å². The van der Waals surface area contributed by atoms with Crippen LogP contribution in [0.3, 0.4) is 0 Å². The molecule has 2 aromatic carbocycles. The largest absolute Gasteiger partial charge is 0.462 e. The van der Waals surface area contributed by atoms with Crippen LogP contribution in [0.1, 0.15) is 17.3 Å². The molecule has 27 heavy (non-hydrogen) atoms. The van der Waals surface area contributed by atoms with Crippen LogP contribution < -0.4 is 4.74 Å². The molecule has 1 heterocycles. The number of nitrogens with zero attached hydrogens (tertiary/aromatic N) is 1. The minimum atomic E-state index is -0.573. The van der Waals surface area contributed by atoms with Crippen molar-refractivity contribution >= 4 is 29.2 Å². The van der Waals surface area contributed by atoms with Crippen LogP contribution >= 0.6 is 23.2 Å². The van der Waals surface area contributed by atoms with Gasteiger partial charge in [0.2, 0.25) is 0 Å². The fourth-order valence-corrected chi connectivity index (χ4v) is 2.70. The lowest BCUT2D eigenvalue weighted by Gasteiger charge is -2.13. The van der Waals surface area contributed by atoms with Crippen molar-refractivity contribution < 1.29 is 18.7 Å². The molecule has 0 amide bonds. The number of para-hydroxylation sites is 1. The third-order valence-corrected chi connectivity index (χ3v) is 4.24. The highest BCUT2D eigenvalue weighted by atomic mass is 35.5. The van der Waals surface area contributed by atoms with E-state index in [4.69, 9.17) is 32.7 Å². The number of benzene rings is 2. The molecule has 0 spiro atoms. The molecule has 0 N–H and O–H groups in total. The van der Waals surface area contributed by atoms with Gasteiger partial charge in [-0.2, -0.15) is 0 Å². The minimum Gasteiger partial charge on any atom is -0.462 e. The number of pyridine rings is 1. The van der Waals surface area contributed by atoms with Gasteiger partial charge in [0.05, 0.1) is 22.3 Å². The zero-order valence-electron chi connectivity index (χ0n) is 14.2. The molecule has 0 radical (unpaired) electrons. The first-order valence-corrected chi connectivity index (χ1v) is 8.80. The van der Waals surface area contributed by atoms with Crippen molar-refractivity contribution in [2.75, 3.05) is 6.61 Å². The fourth-order valence-electron chi connectivity index (χ4n) is 2.34. The SMILES string of the molecule is CCOC(=O)c1cnc(-c2ccc(F)c(Cl)c2)cc1Oc1ccccc1Cl. The van der Waals surface area contributed by atoms with Crippen LogP contribution in [0.15, 0.2) is 54.7 Å². The van der Waals surface area contributed by atoms with Gasteiger partial charge < -0.3 is 9.47 Å². The number of halogens is 3. The third-order valence-electron chi connectivity index (χ3n) is 3.63. The zero-order valence-corrected chi connectivity index (χ0v) is 15.7. The summed E-state index contributed by atoms with van der Waals surface area (Å²) in [6.07, 6.45) is 1.34. The number of hydrogen-bond donors (Lipinski definition) is 0. The van der Waals surface area contributed by atoms with E-state index < -0.39 is 11.8 Å². The summed E-state index contributed by atoms with van der Waals surface area (Å²) < 4.78 is 24.3. The average molecular weight is 406 g/mol. The molecule has 0 saturated heterocycles. The Morgan fingerprint density at radius 2 is 1.85 bits per heavy atom. The van der Waals surface area contributed by atoms with E-state index in [1.807, 2.05) is 0 Å². The van der Waals surface area contributed by atoms with E-state index >= 15 is 0 Å². The molecule has 0 unspecified atom stereocenters. The van der Waals surface area contributed by atoms with Crippen molar-refractivity contribution in [2.45, 2.75) is 6.92 Å². The van der Waals surface area contributed by atoms with Crippen molar-refractivity contribution in [3.8, 4) is 22.8 Å². The van der Waals surface area contributed by atoms with Gasteiger partial charge >= 0.3 is 5.97 Å².